The maximum Gasteiger partial charge on any atom is 0.308 e. The van der Waals surface area contributed by atoms with Gasteiger partial charge in [-0.3, -0.25) is 9.59 Å². The molecular formula is C23H30O4. The Kier molecular flexibility index (Phi) is 8.23. The highest BCUT2D eigenvalue weighted by Crippen LogP contribution is 2.38. The summed E-state index contributed by atoms with van der Waals surface area (Å²) in [6.45, 7) is 12.0. The second-order valence-corrected chi connectivity index (χ2v) is 6.59. The fraction of sp³-hybridized carbons (Fsp3) is 0.391. The van der Waals surface area contributed by atoms with E-state index in [0.29, 0.717) is 0 Å². The molecule has 0 aliphatic rings. The Morgan fingerprint density at radius 3 is 1.93 bits per heavy atom. The summed E-state index contributed by atoms with van der Waals surface area (Å²) in [6, 6.07) is 11.3. The predicted molar refractivity (Wildman–Crippen MR) is 108 cm³/mol. The number of aliphatic carboxylic acids is 2. The molecule has 2 atom stereocenters. The van der Waals surface area contributed by atoms with Crippen molar-refractivity contribution in [1.82, 2.24) is 0 Å². The topological polar surface area (TPSA) is 74.6 Å². The average Bonchev–Trinajstić information content (AvgIpc) is 2.65. The minimum Gasteiger partial charge on any atom is -0.481 e. The first kappa shape index (κ1) is 22.4. The van der Waals surface area contributed by atoms with Crippen molar-refractivity contribution in [2.45, 2.75) is 53.9 Å². The zero-order valence-corrected chi connectivity index (χ0v) is 17.0. The Balaban J connectivity index is 0.00000176. The third-order valence-electron chi connectivity index (χ3n) is 5.13. The van der Waals surface area contributed by atoms with Crippen molar-refractivity contribution in [2.24, 2.45) is 5.92 Å². The zero-order valence-electron chi connectivity index (χ0n) is 17.0. The molecule has 2 aromatic rings. The molecule has 0 aliphatic carbocycles. The Bertz CT molecular complexity index is 794. The lowest BCUT2D eigenvalue weighted by Crippen LogP contribution is -2.26. The molecule has 0 spiro atoms. The minimum absolute atomic E-state index is 0.416. The third-order valence-corrected chi connectivity index (χ3v) is 5.13. The number of carboxylic acid groups (broad SMARTS) is 2. The van der Waals surface area contributed by atoms with Crippen LogP contribution in [0.3, 0.4) is 0 Å². The Morgan fingerprint density at radius 2 is 1.44 bits per heavy atom. The second-order valence-electron chi connectivity index (χ2n) is 6.59. The van der Waals surface area contributed by atoms with Crippen LogP contribution in [0.15, 0.2) is 36.4 Å². The van der Waals surface area contributed by atoms with Crippen LogP contribution in [0.25, 0.3) is 0 Å². The molecule has 2 unspecified atom stereocenters. The first-order chi connectivity index (χ1) is 12.7. The van der Waals surface area contributed by atoms with Gasteiger partial charge in [0.1, 0.15) is 0 Å². The molecule has 2 rings (SSSR count). The second kappa shape index (κ2) is 9.91. The van der Waals surface area contributed by atoms with Crippen LogP contribution in [0, 0.1) is 33.6 Å². The SMILES string of the molecule is CC.Cc1cc(C(c2ccccc2)C(CC(=O)O)C(=O)O)c(C)c(C)c1C. The van der Waals surface area contributed by atoms with Crippen molar-refractivity contribution in [3.8, 4) is 0 Å². The molecule has 0 saturated carbocycles. The van der Waals surface area contributed by atoms with Gasteiger partial charge in [0.05, 0.1) is 12.3 Å². The molecule has 0 radical (unpaired) electrons. The molecule has 2 aromatic carbocycles. The van der Waals surface area contributed by atoms with Crippen molar-refractivity contribution in [3.63, 3.8) is 0 Å². The first-order valence-corrected chi connectivity index (χ1v) is 9.30. The number of carboxylic acids is 2. The van der Waals surface area contributed by atoms with E-state index in [1.807, 2.05) is 77.9 Å². The molecular weight excluding hydrogens is 340 g/mol. The van der Waals surface area contributed by atoms with Crippen LogP contribution in [-0.4, -0.2) is 22.2 Å². The largest absolute Gasteiger partial charge is 0.481 e. The van der Waals surface area contributed by atoms with E-state index in [-0.39, 0.29) is 0 Å². The van der Waals surface area contributed by atoms with E-state index < -0.39 is 30.2 Å². The quantitative estimate of drug-likeness (QED) is 0.728. The minimum atomic E-state index is -1.11. The Labute approximate surface area is 161 Å². The molecule has 0 heterocycles. The summed E-state index contributed by atoms with van der Waals surface area (Å²) in [5.41, 5.74) is 6.11. The van der Waals surface area contributed by atoms with Gasteiger partial charge >= 0.3 is 11.9 Å². The summed E-state index contributed by atoms with van der Waals surface area (Å²) in [6.07, 6.45) is -0.416. The van der Waals surface area contributed by atoms with Gasteiger partial charge in [0.15, 0.2) is 0 Å². The summed E-state index contributed by atoms with van der Waals surface area (Å²) in [5, 5.41) is 19.0. The van der Waals surface area contributed by atoms with Crippen molar-refractivity contribution in [3.05, 3.63) is 69.8 Å². The number of benzene rings is 2. The van der Waals surface area contributed by atoms with Crippen LogP contribution in [0.5, 0.6) is 0 Å². The van der Waals surface area contributed by atoms with Crippen LogP contribution in [-0.2, 0) is 9.59 Å². The van der Waals surface area contributed by atoms with Gasteiger partial charge in [-0.05, 0) is 61.1 Å². The number of hydrogen-bond donors (Lipinski definition) is 2. The lowest BCUT2D eigenvalue weighted by atomic mass is 9.75. The predicted octanol–water partition coefficient (Wildman–Crippen LogP) is 5.25. The van der Waals surface area contributed by atoms with E-state index in [0.717, 1.165) is 27.8 Å². The number of hydrogen-bond acceptors (Lipinski definition) is 2. The van der Waals surface area contributed by atoms with Crippen LogP contribution in [0.1, 0.15) is 59.6 Å². The van der Waals surface area contributed by atoms with Gasteiger partial charge in [0.25, 0.3) is 0 Å². The molecule has 146 valence electrons. The van der Waals surface area contributed by atoms with E-state index >= 15 is 0 Å². The van der Waals surface area contributed by atoms with E-state index in [1.165, 1.54) is 5.56 Å². The van der Waals surface area contributed by atoms with Crippen molar-refractivity contribution < 1.29 is 19.8 Å². The monoisotopic (exact) mass is 370 g/mol. The lowest BCUT2D eigenvalue weighted by molar-refractivity contribution is -0.148. The van der Waals surface area contributed by atoms with Gasteiger partial charge < -0.3 is 10.2 Å². The molecule has 0 amide bonds. The van der Waals surface area contributed by atoms with Crippen LogP contribution >= 0.6 is 0 Å². The molecule has 2 N–H and O–H groups in total. The number of carbonyl (C=O) groups is 2. The fourth-order valence-electron chi connectivity index (χ4n) is 3.39. The van der Waals surface area contributed by atoms with E-state index in [2.05, 4.69) is 0 Å². The third kappa shape index (κ3) is 5.19. The molecule has 0 aliphatic heterocycles. The van der Waals surface area contributed by atoms with Gasteiger partial charge in [-0.15, -0.1) is 0 Å². The fourth-order valence-corrected chi connectivity index (χ4v) is 3.39. The van der Waals surface area contributed by atoms with E-state index in [9.17, 15) is 19.8 Å². The molecule has 0 aromatic heterocycles. The van der Waals surface area contributed by atoms with Gasteiger partial charge in [-0.1, -0.05) is 50.2 Å². The molecule has 27 heavy (non-hydrogen) atoms. The molecule has 0 saturated heterocycles. The smallest absolute Gasteiger partial charge is 0.308 e. The summed E-state index contributed by atoms with van der Waals surface area (Å²) < 4.78 is 0. The van der Waals surface area contributed by atoms with Gasteiger partial charge in [-0.2, -0.15) is 0 Å². The van der Waals surface area contributed by atoms with E-state index in [1.54, 1.807) is 0 Å². The molecule has 4 heteroatoms. The van der Waals surface area contributed by atoms with E-state index in [4.69, 9.17) is 0 Å². The highest BCUT2D eigenvalue weighted by molar-refractivity contribution is 5.79. The maximum absolute atomic E-state index is 11.9. The number of rotatable bonds is 6. The van der Waals surface area contributed by atoms with Gasteiger partial charge in [0, 0.05) is 5.92 Å². The highest BCUT2D eigenvalue weighted by Gasteiger charge is 2.34. The van der Waals surface area contributed by atoms with Crippen LogP contribution in [0.2, 0.25) is 0 Å². The summed E-state index contributed by atoms with van der Waals surface area (Å²) in [7, 11) is 0. The molecule has 0 bridgehead atoms. The average molecular weight is 370 g/mol. The molecule has 0 fully saturated rings. The van der Waals surface area contributed by atoms with Crippen molar-refractivity contribution >= 4 is 11.9 Å². The standard InChI is InChI=1S/C21H24O4.C2H6/c1-12-10-17(15(4)14(3)13(12)2)20(16-8-6-5-7-9-16)18(21(24)25)11-19(22)23;1-2/h5-10,18,20H,11H2,1-4H3,(H,22,23)(H,24,25);1-2H3. The molecule has 4 nitrogen and oxygen atoms in total. The Hall–Kier alpha value is -2.62. The van der Waals surface area contributed by atoms with Crippen molar-refractivity contribution in [2.75, 3.05) is 0 Å². The summed E-state index contributed by atoms with van der Waals surface area (Å²) in [4.78, 5) is 23.2. The Morgan fingerprint density at radius 1 is 0.889 bits per heavy atom. The van der Waals surface area contributed by atoms with Gasteiger partial charge in [-0.25, -0.2) is 0 Å². The highest BCUT2D eigenvalue weighted by atomic mass is 16.4. The first-order valence-electron chi connectivity index (χ1n) is 9.30. The zero-order chi connectivity index (χ0) is 20.7. The van der Waals surface area contributed by atoms with Crippen LogP contribution in [0.4, 0.5) is 0 Å². The summed E-state index contributed by atoms with van der Waals surface area (Å²) >= 11 is 0. The van der Waals surface area contributed by atoms with Gasteiger partial charge in [0.2, 0.25) is 0 Å². The summed E-state index contributed by atoms with van der Waals surface area (Å²) in [5.74, 6) is -3.73. The van der Waals surface area contributed by atoms with Crippen LogP contribution < -0.4 is 0 Å². The maximum atomic E-state index is 11.9. The number of aryl methyl sites for hydroxylation is 1. The van der Waals surface area contributed by atoms with Crippen molar-refractivity contribution in [1.29, 1.82) is 0 Å². The lowest BCUT2D eigenvalue weighted by Gasteiger charge is -2.27. The normalized spacial score (nSPS) is 12.5.